The van der Waals surface area contributed by atoms with Gasteiger partial charge >= 0.3 is 0 Å². The number of benzene rings is 1. The van der Waals surface area contributed by atoms with Gasteiger partial charge in [-0.25, -0.2) is 0 Å². The summed E-state index contributed by atoms with van der Waals surface area (Å²) in [5, 5.41) is 10.2. The minimum absolute atomic E-state index is 0.188. The molecule has 104 valence electrons. The van der Waals surface area contributed by atoms with Crippen molar-refractivity contribution in [2.24, 2.45) is 0 Å². The number of nitrogens with zero attached hydrogens (tertiary/aromatic N) is 1. The average molecular weight is 263 g/mol. The molecule has 1 atom stereocenters. The topological polar surface area (TPSA) is 49.8 Å². The van der Waals surface area contributed by atoms with E-state index in [1.54, 1.807) is 36.3 Å². The van der Waals surface area contributed by atoms with E-state index in [0.29, 0.717) is 5.56 Å². The number of aliphatic hydroxyl groups is 1. The molecule has 4 nitrogen and oxygen atoms in total. The summed E-state index contributed by atoms with van der Waals surface area (Å²) < 4.78 is 5.07. The molecule has 1 amide bonds. The fourth-order valence-electron chi connectivity index (χ4n) is 2.39. The van der Waals surface area contributed by atoms with Gasteiger partial charge in [-0.1, -0.05) is 25.0 Å². The van der Waals surface area contributed by atoms with Gasteiger partial charge in [0.15, 0.2) is 6.10 Å². The third-order valence-corrected chi connectivity index (χ3v) is 3.58. The van der Waals surface area contributed by atoms with Gasteiger partial charge in [-0.2, -0.15) is 0 Å². The Kier molecular flexibility index (Phi) is 4.80. The second-order valence-corrected chi connectivity index (χ2v) is 4.92. The van der Waals surface area contributed by atoms with Crippen LogP contribution >= 0.6 is 0 Å². The Morgan fingerprint density at radius 2 is 1.74 bits per heavy atom. The number of amides is 1. The SMILES string of the molecule is COc1ccc(C(O)C(=O)N2CCCCCC2)cc1. The van der Waals surface area contributed by atoms with Crippen LogP contribution in [0.25, 0.3) is 0 Å². The van der Waals surface area contributed by atoms with Crippen LogP contribution in [0, 0.1) is 0 Å². The largest absolute Gasteiger partial charge is 0.497 e. The van der Waals surface area contributed by atoms with E-state index in [1.165, 1.54) is 12.8 Å². The van der Waals surface area contributed by atoms with Crippen LogP contribution in [-0.4, -0.2) is 36.1 Å². The molecule has 4 heteroatoms. The molecule has 2 rings (SSSR count). The van der Waals surface area contributed by atoms with Crippen molar-refractivity contribution in [1.82, 2.24) is 4.90 Å². The van der Waals surface area contributed by atoms with Gasteiger partial charge in [0.05, 0.1) is 7.11 Å². The number of rotatable bonds is 3. The monoisotopic (exact) mass is 263 g/mol. The summed E-state index contributed by atoms with van der Waals surface area (Å²) >= 11 is 0. The number of methoxy groups -OCH3 is 1. The van der Waals surface area contributed by atoms with E-state index in [9.17, 15) is 9.90 Å². The highest BCUT2D eigenvalue weighted by molar-refractivity contribution is 5.82. The predicted octanol–water partition coefficient (Wildman–Crippen LogP) is 2.13. The van der Waals surface area contributed by atoms with Gasteiger partial charge in [0.25, 0.3) is 5.91 Å². The lowest BCUT2D eigenvalue weighted by molar-refractivity contribution is -0.140. The van der Waals surface area contributed by atoms with E-state index in [-0.39, 0.29) is 5.91 Å². The maximum atomic E-state index is 12.3. The maximum absolute atomic E-state index is 12.3. The van der Waals surface area contributed by atoms with E-state index >= 15 is 0 Å². The first kappa shape index (κ1) is 13.9. The van der Waals surface area contributed by atoms with Gasteiger partial charge in [0.1, 0.15) is 5.75 Å². The van der Waals surface area contributed by atoms with Crippen molar-refractivity contribution in [3.8, 4) is 5.75 Å². The van der Waals surface area contributed by atoms with Crippen LogP contribution in [0.5, 0.6) is 5.75 Å². The molecule has 19 heavy (non-hydrogen) atoms. The van der Waals surface area contributed by atoms with E-state index in [2.05, 4.69) is 0 Å². The standard InChI is InChI=1S/C15H21NO3/c1-19-13-8-6-12(7-9-13)14(17)15(18)16-10-4-2-3-5-11-16/h6-9,14,17H,2-5,10-11H2,1H3. The van der Waals surface area contributed by atoms with Gasteiger partial charge in [0, 0.05) is 13.1 Å². The van der Waals surface area contributed by atoms with Gasteiger partial charge in [-0.05, 0) is 30.5 Å². The predicted molar refractivity (Wildman–Crippen MR) is 73.0 cm³/mol. The normalized spacial score (nSPS) is 17.7. The average Bonchev–Trinajstić information content (AvgIpc) is 2.75. The summed E-state index contributed by atoms with van der Waals surface area (Å²) in [7, 11) is 1.59. The quantitative estimate of drug-likeness (QED) is 0.909. The van der Waals surface area contributed by atoms with Gasteiger partial charge in [-0.15, -0.1) is 0 Å². The summed E-state index contributed by atoms with van der Waals surface area (Å²) in [4.78, 5) is 14.0. The number of likely N-dealkylation sites (tertiary alicyclic amines) is 1. The lowest BCUT2D eigenvalue weighted by Crippen LogP contribution is -2.35. The smallest absolute Gasteiger partial charge is 0.256 e. The van der Waals surface area contributed by atoms with Crippen molar-refractivity contribution in [1.29, 1.82) is 0 Å². The van der Waals surface area contributed by atoms with E-state index < -0.39 is 6.10 Å². The first-order chi connectivity index (χ1) is 9.22. The highest BCUT2D eigenvalue weighted by Crippen LogP contribution is 2.21. The van der Waals surface area contributed by atoms with Crippen molar-refractivity contribution < 1.29 is 14.6 Å². The van der Waals surface area contributed by atoms with Gasteiger partial charge in [0.2, 0.25) is 0 Å². The van der Waals surface area contributed by atoms with E-state index in [1.807, 2.05) is 0 Å². The van der Waals surface area contributed by atoms with Crippen molar-refractivity contribution in [3.63, 3.8) is 0 Å². The molecule has 0 bridgehead atoms. The van der Waals surface area contributed by atoms with Gasteiger partial charge < -0.3 is 14.7 Å². The Hall–Kier alpha value is -1.55. The third-order valence-electron chi connectivity index (χ3n) is 3.58. The molecule has 0 radical (unpaired) electrons. The Bertz CT molecular complexity index is 408. The lowest BCUT2D eigenvalue weighted by Gasteiger charge is -2.23. The maximum Gasteiger partial charge on any atom is 0.256 e. The first-order valence-corrected chi connectivity index (χ1v) is 6.83. The molecule has 1 aromatic rings. The molecule has 1 aliphatic rings. The molecule has 1 saturated heterocycles. The van der Waals surface area contributed by atoms with Crippen LogP contribution in [0.15, 0.2) is 24.3 Å². The Balaban J connectivity index is 2.04. The summed E-state index contributed by atoms with van der Waals surface area (Å²) in [6.45, 7) is 1.51. The highest BCUT2D eigenvalue weighted by atomic mass is 16.5. The molecule has 1 heterocycles. The van der Waals surface area contributed by atoms with Crippen molar-refractivity contribution in [2.45, 2.75) is 31.8 Å². The summed E-state index contributed by atoms with van der Waals surface area (Å²) in [5.74, 6) is 0.533. The van der Waals surface area contributed by atoms with Crippen LogP contribution in [0.3, 0.4) is 0 Å². The number of hydrogen-bond acceptors (Lipinski definition) is 3. The number of hydrogen-bond donors (Lipinski definition) is 1. The third kappa shape index (κ3) is 3.47. The van der Waals surface area contributed by atoms with Crippen LogP contribution < -0.4 is 4.74 Å². The second kappa shape index (κ2) is 6.57. The lowest BCUT2D eigenvalue weighted by atomic mass is 10.1. The zero-order valence-corrected chi connectivity index (χ0v) is 11.3. The molecular formula is C15H21NO3. The van der Waals surface area contributed by atoms with Crippen molar-refractivity contribution in [3.05, 3.63) is 29.8 Å². The van der Waals surface area contributed by atoms with Crippen LogP contribution in [0.2, 0.25) is 0 Å². The minimum Gasteiger partial charge on any atom is -0.497 e. The zero-order valence-electron chi connectivity index (χ0n) is 11.3. The second-order valence-electron chi connectivity index (χ2n) is 4.92. The number of carbonyl (C=O) groups excluding carboxylic acids is 1. The first-order valence-electron chi connectivity index (χ1n) is 6.83. The fourth-order valence-corrected chi connectivity index (χ4v) is 2.39. The molecule has 0 aromatic heterocycles. The molecule has 0 saturated carbocycles. The molecule has 1 unspecified atom stereocenters. The summed E-state index contributed by atoms with van der Waals surface area (Å²) in [6.07, 6.45) is 3.33. The van der Waals surface area contributed by atoms with Crippen LogP contribution in [0.1, 0.15) is 37.4 Å². The zero-order chi connectivity index (χ0) is 13.7. The summed E-state index contributed by atoms with van der Waals surface area (Å²) in [6, 6.07) is 6.99. The Morgan fingerprint density at radius 1 is 1.16 bits per heavy atom. The molecule has 1 N–H and O–H groups in total. The number of carbonyl (C=O) groups is 1. The molecular weight excluding hydrogens is 242 g/mol. The number of aliphatic hydroxyl groups excluding tert-OH is 1. The molecule has 1 fully saturated rings. The van der Waals surface area contributed by atoms with Crippen molar-refractivity contribution >= 4 is 5.91 Å². The minimum atomic E-state index is -1.07. The Morgan fingerprint density at radius 3 is 2.26 bits per heavy atom. The Labute approximate surface area is 114 Å². The summed E-state index contributed by atoms with van der Waals surface area (Å²) in [5.41, 5.74) is 0.620. The van der Waals surface area contributed by atoms with Crippen LogP contribution in [-0.2, 0) is 4.79 Å². The molecule has 0 aliphatic carbocycles. The molecule has 1 aromatic carbocycles. The molecule has 1 aliphatic heterocycles. The highest BCUT2D eigenvalue weighted by Gasteiger charge is 2.24. The van der Waals surface area contributed by atoms with E-state index in [0.717, 1.165) is 31.7 Å². The van der Waals surface area contributed by atoms with E-state index in [4.69, 9.17) is 4.74 Å². The van der Waals surface area contributed by atoms with Crippen molar-refractivity contribution in [2.75, 3.05) is 20.2 Å². The molecule has 0 spiro atoms. The number of ether oxygens (including phenoxy) is 1. The fraction of sp³-hybridized carbons (Fsp3) is 0.533. The van der Waals surface area contributed by atoms with Gasteiger partial charge in [-0.3, -0.25) is 4.79 Å². The van der Waals surface area contributed by atoms with Crippen LogP contribution in [0.4, 0.5) is 0 Å².